The first-order chi connectivity index (χ1) is 9.78. The minimum atomic E-state index is 0.225. The Morgan fingerprint density at radius 2 is 2.00 bits per heavy atom. The highest BCUT2D eigenvalue weighted by Crippen LogP contribution is 2.24. The number of hydrogen-bond acceptors (Lipinski definition) is 5. The molecule has 0 saturated heterocycles. The third-order valence-corrected chi connectivity index (χ3v) is 3.13. The highest BCUT2D eigenvalue weighted by Gasteiger charge is 2.10. The number of nitrogen functional groups attached to an aromatic ring is 1. The van der Waals surface area contributed by atoms with E-state index in [4.69, 9.17) is 10.5 Å². The molecule has 0 amide bonds. The van der Waals surface area contributed by atoms with Crippen LogP contribution in [0.15, 0.2) is 30.6 Å². The maximum Gasteiger partial charge on any atom is 0.222 e. The summed E-state index contributed by atoms with van der Waals surface area (Å²) in [4.78, 5) is 15.6. The molecule has 0 bridgehead atoms. The van der Waals surface area contributed by atoms with E-state index in [1.165, 1.54) is 5.56 Å². The number of benzene rings is 1. The van der Waals surface area contributed by atoms with Crippen molar-refractivity contribution < 1.29 is 4.74 Å². The summed E-state index contributed by atoms with van der Waals surface area (Å²) in [5.74, 6) is 0.225. The maximum atomic E-state index is 5.72. The molecule has 1 aromatic carbocycles. The van der Waals surface area contributed by atoms with Crippen LogP contribution < -0.4 is 5.73 Å². The summed E-state index contributed by atoms with van der Waals surface area (Å²) in [6.07, 6.45) is 2.48. The van der Waals surface area contributed by atoms with Crippen molar-refractivity contribution in [1.29, 1.82) is 0 Å². The van der Waals surface area contributed by atoms with E-state index >= 15 is 0 Å². The van der Waals surface area contributed by atoms with Crippen LogP contribution in [0.1, 0.15) is 5.56 Å². The Kier molecular flexibility index (Phi) is 3.30. The van der Waals surface area contributed by atoms with Crippen LogP contribution in [0.25, 0.3) is 22.4 Å². The van der Waals surface area contributed by atoms with Gasteiger partial charge in [0.2, 0.25) is 5.95 Å². The van der Waals surface area contributed by atoms with E-state index in [1.54, 1.807) is 13.4 Å². The molecule has 0 aliphatic rings. The van der Waals surface area contributed by atoms with E-state index in [-0.39, 0.29) is 5.95 Å². The predicted molar refractivity (Wildman–Crippen MR) is 77.1 cm³/mol. The van der Waals surface area contributed by atoms with Crippen LogP contribution >= 0.6 is 0 Å². The van der Waals surface area contributed by atoms with Crippen molar-refractivity contribution >= 4 is 17.1 Å². The van der Waals surface area contributed by atoms with Crippen molar-refractivity contribution in [2.45, 2.75) is 6.42 Å². The second-order valence-corrected chi connectivity index (χ2v) is 4.47. The Labute approximate surface area is 116 Å². The van der Waals surface area contributed by atoms with Crippen molar-refractivity contribution in [3.05, 3.63) is 36.2 Å². The monoisotopic (exact) mass is 269 g/mol. The molecule has 0 radical (unpaired) electrons. The van der Waals surface area contributed by atoms with Gasteiger partial charge in [0.15, 0.2) is 5.65 Å². The Hall–Kier alpha value is -2.47. The fourth-order valence-corrected chi connectivity index (χ4v) is 2.11. The van der Waals surface area contributed by atoms with Gasteiger partial charge in [0.25, 0.3) is 0 Å². The highest BCUT2D eigenvalue weighted by atomic mass is 16.5. The van der Waals surface area contributed by atoms with Gasteiger partial charge in [-0.15, -0.1) is 0 Å². The lowest BCUT2D eigenvalue weighted by Gasteiger charge is -2.05. The van der Waals surface area contributed by atoms with E-state index in [1.807, 2.05) is 12.1 Å². The maximum absolute atomic E-state index is 5.72. The quantitative estimate of drug-likeness (QED) is 0.753. The molecule has 6 heteroatoms. The molecule has 0 aliphatic heterocycles. The van der Waals surface area contributed by atoms with Gasteiger partial charge in [0, 0.05) is 12.7 Å². The number of anilines is 1. The van der Waals surface area contributed by atoms with E-state index in [0.717, 1.165) is 23.2 Å². The number of hydrogen-bond donors (Lipinski definition) is 2. The summed E-state index contributed by atoms with van der Waals surface area (Å²) in [6.45, 7) is 0.713. The zero-order valence-electron chi connectivity index (χ0n) is 11.1. The number of imidazole rings is 1. The van der Waals surface area contributed by atoms with E-state index < -0.39 is 0 Å². The van der Waals surface area contributed by atoms with Gasteiger partial charge in [0.1, 0.15) is 11.2 Å². The van der Waals surface area contributed by atoms with Gasteiger partial charge in [-0.1, -0.05) is 24.3 Å². The third-order valence-electron chi connectivity index (χ3n) is 3.13. The summed E-state index contributed by atoms with van der Waals surface area (Å²) in [6, 6.07) is 8.17. The molecule has 0 unspecified atom stereocenters. The molecule has 6 nitrogen and oxygen atoms in total. The summed E-state index contributed by atoms with van der Waals surface area (Å²) >= 11 is 0. The van der Waals surface area contributed by atoms with Crippen LogP contribution in [0.5, 0.6) is 0 Å². The molecule has 102 valence electrons. The predicted octanol–water partition coefficient (Wildman–Crippen LogP) is 1.79. The summed E-state index contributed by atoms with van der Waals surface area (Å²) in [5.41, 5.74) is 10.1. The zero-order chi connectivity index (χ0) is 13.9. The highest BCUT2D eigenvalue weighted by molar-refractivity contribution is 5.87. The summed E-state index contributed by atoms with van der Waals surface area (Å²) in [5, 5.41) is 0. The first-order valence-electron chi connectivity index (χ1n) is 6.33. The van der Waals surface area contributed by atoms with Gasteiger partial charge in [0.05, 0.1) is 12.9 Å². The third kappa shape index (κ3) is 2.33. The van der Waals surface area contributed by atoms with E-state index in [0.29, 0.717) is 12.3 Å². The number of nitrogens with two attached hydrogens (primary N) is 1. The molecule has 0 atom stereocenters. The van der Waals surface area contributed by atoms with Crippen LogP contribution in [0.3, 0.4) is 0 Å². The Morgan fingerprint density at radius 3 is 2.75 bits per heavy atom. The topological polar surface area (TPSA) is 89.7 Å². The van der Waals surface area contributed by atoms with Crippen LogP contribution in [-0.2, 0) is 11.2 Å². The number of aromatic nitrogens is 4. The fourth-order valence-electron chi connectivity index (χ4n) is 2.11. The van der Waals surface area contributed by atoms with Crippen molar-refractivity contribution in [3.8, 4) is 11.3 Å². The van der Waals surface area contributed by atoms with Crippen LogP contribution in [-0.4, -0.2) is 33.7 Å². The average Bonchev–Trinajstić information content (AvgIpc) is 2.93. The zero-order valence-corrected chi connectivity index (χ0v) is 11.1. The van der Waals surface area contributed by atoms with Crippen LogP contribution in [0.4, 0.5) is 5.95 Å². The lowest BCUT2D eigenvalue weighted by atomic mass is 10.1. The number of ether oxygens (including phenoxy) is 1. The van der Waals surface area contributed by atoms with Gasteiger partial charge in [-0.2, -0.15) is 4.98 Å². The van der Waals surface area contributed by atoms with Crippen LogP contribution in [0, 0.1) is 0 Å². The number of aromatic amines is 1. The molecule has 0 saturated carbocycles. The van der Waals surface area contributed by atoms with Crippen LogP contribution in [0.2, 0.25) is 0 Å². The SMILES string of the molecule is COCCc1ccc(-c2nc(N)nc3nc[nH]c23)cc1. The second-order valence-electron chi connectivity index (χ2n) is 4.47. The largest absolute Gasteiger partial charge is 0.384 e. The van der Waals surface area contributed by atoms with Crippen molar-refractivity contribution in [2.24, 2.45) is 0 Å². The van der Waals surface area contributed by atoms with Gasteiger partial charge in [-0.3, -0.25) is 0 Å². The Balaban J connectivity index is 2.00. The minimum absolute atomic E-state index is 0.225. The van der Waals surface area contributed by atoms with Gasteiger partial charge < -0.3 is 15.5 Å². The minimum Gasteiger partial charge on any atom is -0.384 e. The molecule has 0 aliphatic carbocycles. The molecular formula is C14H15N5O. The van der Waals surface area contributed by atoms with E-state index in [9.17, 15) is 0 Å². The molecule has 0 fully saturated rings. The molecular weight excluding hydrogens is 254 g/mol. The lowest BCUT2D eigenvalue weighted by Crippen LogP contribution is -1.98. The number of fused-ring (bicyclic) bond motifs is 1. The molecule has 3 N–H and O–H groups in total. The Bertz CT molecular complexity index is 720. The van der Waals surface area contributed by atoms with Crippen molar-refractivity contribution in [3.63, 3.8) is 0 Å². The number of nitrogens with one attached hydrogen (secondary N) is 1. The summed E-state index contributed by atoms with van der Waals surface area (Å²) in [7, 11) is 1.70. The van der Waals surface area contributed by atoms with Gasteiger partial charge >= 0.3 is 0 Å². The number of H-pyrrole nitrogens is 1. The number of rotatable bonds is 4. The lowest BCUT2D eigenvalue weighted by molar-refractivity contribution is 0.202. The van der Waals surface area contributed by atoms with Gasteiger partial charge in [-0.05, 0) is 12.0 Å². The first kappa shape index (κ1) is 12.6. The van der Waals surface area contributed by atoms with Crippen molar-refractivity contribution in [1.82, 2.24) is 19.9 Å². The normalized spacial score (nSPS) is 11.1. The Morgan fingerprint density at radius 1 is 1.20 bits per heavy atom. The molecule has 20 heavy (non-hydrogen) atoms. The number of nitrogens with zero attached hydrogens (tertiary/aromatic N) is 3. The first-order valence-corrected chi connectivity index (χ1v) is 6.33. The molecule has 0 spiro atoms. The molecule has 3 rings (SSSR count). The van der Waals surface area contributed by atoms with E-state index in [2.05, 4.69) is 32.1 Å². The van der Waals surface area contributed by atoms with Crippen molar-refractivity contribution in [2.75, 3.05) is 19.5 Å². The standard InChI is InChI=1S/C14H15N5O/c1-20-7-6-9-2-4-10(5-3-9)11-12-13(17-8-16-12)19-14(15)18-11/h2-5,8H,6-7H2,1H3,(H3,15,16,17,18,19). The second kappa shape index (κ2) is 5.26. The molecule has 3 aromatic rings. The fraction of sp³-hybridized carbons (Fsp3) is 0.214. The molecule has 2 aromatic heterocycles. The molecule has 2 heterocycles. The number of methoxy groups -OCH3 is 1. The van der Waals surface area contributed by atoms with Gasteiger partial charge in [-0.25, -0.2) is 9.97 Å². The smallest absolute Gasteiger partial charge is 0.222 e. The summed E-state index contributed by atoms with van der Waals surface area (Å²) < 4.78 is 5.07. The average molecular weight is 269 g/mol.